The number of rotatable bonds is 7. The number of nitrogens with one attached hydrogen (secondary N) is 1. The van der Waals surface area contributed by atoms with E-state index < -0.39 is 23.7 Å². The van der Waals surface area contributed by atoms with Crippen molar-refractivity contribution in [3.63, 3.8) is 0 Å². The third-order valence-electron chi connectivity index (χ3n) is 3.78. The van der Waals surface area contributed by atoms with Gasteiger partial charge >= 0.3 is 5.97 Å². The highest BCUT2D eigenvalue weighted by molar-refractivity contribution is 5.95. The Morgan fingerprint density at radius 3 is 2.79 bits per heavy atom. The van der Waals surface area contributed by atoms with Gasteiger partial charge in [0.15, 0.2) is 11.5 Å². The molecule has 2 heterocycles. The van der Waals surface area contributed by atoms with E-state index in [0.717, 1.165) is 0 Å². The Morgan fingerprint density at radius 1 is 1.32 bits per heavy atom. The zero-order valence-electron chi connectivity index (χ0n) is 15.3. The molecule has 1 atom stereocenters. The van der Waals surface area contributed by atoms with Crippen LogP contribution in [0.2, 0.25) is 0 Å². The molecule has 9 heteroatoms. The molecule has 0 radical (unpaired) electrons. The van der Waals surface area contributed by atoms with Gasteiger partial charge in [-0.3, -0.25) is 4.79 Å². The Balaban J connectivity index is 1.76. The lowest BCUT2D eigenvalue weighted by Gasteiger charge is -2.19. The van der Waals surface area contributed by atoms with Crippen LogP contribution >= 0.6 is 0 Å². The number of aromatic nitrogens is 3. The van der Waals surface area contributed by atoms with Crippen LogP contribution in [-0.2, 0) is 16.1 Å². The van der Waals surface area contributed by atoms with Crippen LogP contribution in [0, 0.1) is 5.82 Å². The molecule has 1 N–H and O–H groups in total. The topological polar surface area (TPSA) is 99.2 Å². The van der Waals surface area contributed by atoms with Gasteiger partial charge in [0.25, 0.3) is 5.91 Å². The molecule has 0 unspecified atom stereocenters. The molecular weight excluding hydrogens is 367 g/mol. The SMILES string of the molecule is CC(C)OC(=O)[C@H](Cn1ccnc1)NC(=O)c1cc(-c2ccccc2F)on1. The highest BCUT2D eigenvalue weighted by Crippen LogP contribution is 2.23. The fourth-order valence-electron chi connectivity index (χ4n) is 2.50. The van der Waals surface area contributed by atoms with Gasteiger partial charge in [-0.25, -0.2) is 14.2 Å². The van der Waals surface area contributed by atoms with Crippen LogP contribution in [0.4, 0.5) is 4.39 Å². The van der Waals surface area contributed by atoms with Gasteiger partial charge in [0, 0.05) is 18.5 Å². The lowest BCUT2D eigenvalue weighted by Crippen LogP contribution is -2.45. The first-order valence-corrected chi connectivity index (χ1v) is 8.62. The van der Waals surface area contributed by atoms with Crippen molar-refractivity contribution in [2.45, 2.75) is 32.5 Å². The summed E-state index contributed by atoms with van der Waals surface area (Å²) >= 11 is 0. The molecule has 0 bridgehead atoms. The molecule has 0 saturated heterocycles. The van der Waals surface area contributed by atoms with E-state index in [-0.39, 0.29) is 29.7 Å². The fraction of sp³-hybridized carbons (Fsp3) is 0.263. The van der Waals surface area contributed by atoms with Gasteiger partial charge in [-0.15, -0.1) is 0 Å². The van der Waals surface area contributed by atoms with Gasteiger partial charge in [-0.1, -0.05) is 17.3 Å². The minimum atomic E-state index is -0.960. The summed E-state index contributed by atoms with van der Waals surface area (Å²) in [6, 6.07) is 6.33. The molecule has 8 nitrogen and oxygen atoms in total. The zero-order chi connectivity index (χ0) is 20.1. The van der Waals surface area contributed by atoms with Gasteiger partial charge in [0.1, 0.15) is 11.9 Å². The Bertz CT molecular complexity index is 953. The van der Waals surface area contributed by atoms with Crippen molar-refractivity contribution in [2.75, 3.05) is 0 Å². The Kier molecular flexibility index (Phi) is 5.83. The summed E-state index contributed by atoms with van der Waals surface area (Å²) < 4.78 is 25.8. The molecule has 1 aromatic carbocycles. The number of ether oxygens (including phenoxy) is 1. The van der Waals surface area contributed by atoms with E-state index in [1.54, 1.807) is 42.9 Å². The lowest BCUT2D eigenvalue weighted by molar-refractivity contribution is -0.150. The minimum absolute atomic E-state index is 0.0776. The number of hydrogen-bond donors (Lipinski definition) is 1. The number of halogens is 1. The summed E-state index contributed by atoms with van der Waals surface area (Å²) in [7, 11) is 0. The van der Waals surface area contributed by atoms with E-state index in [1.165, 1.54) is 24.5 Å². The number of imidazole rings is 1. The molecular formula is C19H19FN4O4. The first-order chi connectivity index (χ1) is 13.4. The van der Waals surface area contributed by atoms with Crippen LogP contribution in [0.25, 0.3) is 11.3 Å². The second kappa shape index (κ2) is 8.47. The van der Waals surface area contributed by atoms with Gasteiger partial charge in [0.2, 0.25) is 0 Å². The van der Waals surface area contributed by atoms with Gasteiger partial charge in [-0.05, 0) is 26.0 Å². The largest absolute Gasteiger partial charge is 0.461 e. The standard InChI is InChI=1S/C19H19FN4O4/c1-12(2)27-19(26)16(10-24-8-7-21-11-24)22-18(25)15-9-17(28-23-15)13-5-3-4-6-14(13)20/h3-9,11-12,16H,10H2,1-2H3,(H,22,25)/t16-/m0/s1. The molecule has 0 spiro atoms. The van der Waals surface area contributed by atoms with Crippen molar-refractivity contribution in [1.29, 1.82) is 0 Å². The number of carbonyl (C=O) groups excluding carboxylic acids is 2. The van der Waals surface area contributed by atoms with Crippen molar-refractivity contribution in [1.82, 2.24) is 20.0 Å². The fourth-order valence-corrected chi connectivity index (χ4v) is 2.50. The molecule has 28 heavy (non-hydrogen) atoms. The van der Waals surface area contributed by atoms with Crippen molar-refractivity contribution < 1.29 is 23.2 Å². The van der Waals surface area contributed by atoms with Crippen LogP contribution in [0.3, 0.4) is 0 Å². The Labute approximate surface area is 160 Å². The maximum atomic E-state index is 13.9. The van der Waals surface area contributed by atoms with Crippen LogP contribution in [0.15, 0.2) is 53.6 Å². The molecule has 0 aliphatic heterocycles. The van der Waals surface area contributed by atoms with Crippen LogP contribution in [0.5, 0.6) is 0 Å². The van der Waals surface area contributed by atoms with Gasteiger partial charge in [-0.2, -0.15) is 0 Å². The van der Waals surface area contributed by atoms with Crippen molar-refractivity contribution in [3.8, 4) is 11.3 Å². The summed E-state index contributed by atoms with van der Waals surface area (Å²) in [4.78, 5) is 28.8. The number of nitrogens with zero attached hydrogens (tertiary/aromatic N) is 3. The van der Waals surface area contributed by atoms with Crippen molar-refractivity contribution in [3.05, 3.63) is 60.6 Å². The van der Waals surface area contributed by atoms with E-state index in [1.807, 2.05) is 0 Å². The molecule has 1 amide bonds. The van der Waals surface area contributed by atoms with E-state index in [4.69, 9.17) is 9.26 Å². The third kappa shape index (κ3) is 4.61. The maximum Gasteiger partial charge on any atom is 0.330 e. The van der Waals surface area contributed by atoms with E-state index in [9.17, 15) is 14.0 Å². The van der Waals surface area contributed by atoms with Crippen molar-refractivity contribution in [2.24, 2.45) is 0 Å². The molecule has 0 saturated carbocycles. The first kappa shape index (κ1) is 19.3. The summed E-state index contributed by atoms with van der Waals surface area (Å²) in [6.45, 7) is 3.56. The quantitative estimate of drug-likeness (QED) is 0.626. The molecule has 0 aliphatic rings. The van der Waals surface area contributed by atoms with Crippen LogP contribution < -0.4 is 5.32 Å². The van der Waals surface area contributed by atoms with E-state index in [0.29, 0.717) is 0 Å². The summed E-state index contributed by atoms with van der Waals surface area (Å²) in [5.74, 6) is -1.62. The highest BCUT2D eigenvalue weighted by atomic mass is 19.1. The smallest absolute Gasteiger partial charge is 0.330 e. The van der Waals surface area contributed by atoms with E-state index >= 15 is 0 Å². The second-order valence-electron chi connectivity index (χ2n) is 6.33. The average Bonchev–Trinajstić information content (AvgIpc) is 3.32. The summed E-state index contributed by atoms with van der Waals surface area (Å²) in [6.07, 6.45) is 4.40. The molecule has 3 aromatic rings. The molecule has 2 aromatic heterocycles. The average molecular weight is 386 g/mol. The number of amides is 1. The molecule has 146 valence electrons. The monoisotopic (exact) mass is 386 g/mol. The number of benzene rings is 1. The first-order valence-electron chi connectivity index (χ1n) is 8.62. The molecule has 0 fully saturated rings. The summed E-state index contributed by atoms with van der Waals surface area (Å²) in [5, 5.41) is 6.26. The molecule has 3 rings (SSSR count). The van der Waals surface area contributed by atoms with Crippen molar-refractivity contribution >= 4 is 11.9 Å². The summed E-state index contributed by atoms with van der Waals surface area (Å²) in [5.41, 5.74) is 0.106. The minimum Gasteiger partial charge on any atom is -0.461 e. The Morgan fingerprint density at radius 2 is 2.11 bits per heavy atom. The number of carbonyl (C=O) groups is 2. The molecule has 0 aliphatic carbocycles. The predicted molar refractivity (Wildman–Crippen MR) is 96.6 cm³/mol. The van der Waals surface area contributed by atoms with E-state index in [2.05, 4.69) is 15.5 Å². The normalized spacial score (nSPS) is 12.0. The second-order valence-corrected chi connectivity index (χ2v) is 6.33. The highest BCUT2D eigenvalue weighted by Gasteiger charge is 2.26. The number of hydrogen-bond acceptors (Lipinski definition) is 6. The maximum absolute atomic E-state index is 13.9. The van der Waals surface area contributed by atoms with Gasteiger partial charge < -0.3 is 19.1 Å². The third-order valence-corrected chi connectivity index (χ3v) is 3.78. The van der Waals surface area contributed by atoms with Crippen LogP contribution in [0.1, 0.15) is 24.3 Å². The lowest BCUT2D eigenvalue weighted by atomic mass is 10.1. The predicted octanol–water partition coefficient (Wildman–Crippen LogP) is 2.43. The van der Waals surface area contributed by atoms with Gasteiger partial charge in [0.05, 0.1) is 24.5 Å². The number of esters is 1. The van der Waals surface area contributed by atoms with Crippen LogP contribution in [-0.4, -0.2) is 38.7 Å². The zero-order valence-corrected chi connectivity index (χ0v) is 15.3. The Hall–Kier alpha value is -3.49.